The summed E-state index contributed by atoms with van der Waals surface area (Å²) in [6.07, 6.45) is 1.83. The molecule has 0 unspecified atom stereocenters. The van der Waals surface area contributed by atoms with Gasteiger partial charge in [0.25, 0.3) is 11.5 Å². The van der Waals surface area contributed by atoms with Crippen molar-refractivity contribution in [1.29, 1.82) is 0 Å². The van der Waals surface area contributed by atoms with Crippen molar-refractivity contribution in [3.63, 3.8) is 0 Å². The van der Waals surface area contributed by atoms with Crippen LogP contribution in [0.15, 0.2) is 83.7 Å². The van der Waals surface area contributed by atoms with Crippen LogP contribution in [-0.4, -0.2) is 22.0 Å². The first kappa shape index (κ1) is 20.5. The minimum absolute atomic E-state index is 0.0815. The maximum Gasteiger partial charge on any atom is 0.272 e. The average Bonchev–Trinajstić information content (AvgIpc) is 2.80. The molecule has 0 saturated heterocycles. The van der Waals surface area contributed by atoms with Crippen molar-refractivity contribution in [3.8, 4) is 0 Å². The summed E-state index contributed by atoms with van der Waals surface area (Å²) in [6, 6.07) is 25.3. The zero-order valence-corrected chi connectivity index (χ0v) is 17.5. The van der Waals surface area contributed by atoms with E-state index in [4.69, 9.17) is 0 Å². The molecule has 5 heteroatoms. The van der Waals surface area contributed by atoms with Gasteiger partial charge in [-0.15, -0.1) is 0 Å². The number of amides is 1. The van der Waals surface area contributed by atoms with E-state index in [9.17, 15) is 9.59 Å². The highest BCUT2D eigenvalue weighted by atomic mass is 16.1. The van der Waals surface area contributed by atoms with Gasteiger partial charge in [-0.3, -0.25) is 9.59 Å². The van der Waals surface area contributed by atoms with Gasteiger partial charge in [0.05, 0.1) is 17.6 Å². The molecule has 4 aromatic rings. The summed E-state index contributed by atoms with van der Waals surface area (Å²) in [7, 11) is 0. The van der Waals surface area contributed by atoms with Crippen LogP contribution in [-0.2, 0) is 13.0 Å². The summed E-state index contributed by atoms with van der Waals surface area (Å²) in [5.74, 6) is -0.0815. The lowest BCUT2D eigenvalue weighted by atomic mass is 10.1. The Labute approximate surface area is 181 Å². The first-order valence-corrected chi connectivity index (χ1v) is 10.5. The van der Waals surface area contributed by atoms with Crippen LogP contribution in [0.25, 0.3) is 11.0 Å². The molecule has 0 bridgehead atoms. The number of hydrogen-bond donors (Lipinski definition) is 1. The lowest BCUT2D eigenvalue weighted by molar-refractivity contribution is 0.0953. The van der Waals surface area contributed by atoms with E-state index in [-0.39, 0.29) is 11.5 Å². The van der Waals surface area contributed by atoms with Crippen molar-refractivity contribution in [1.82, 2.24) is 14.9 Å². The third-order valence-corrected chi connectivity index (χ3v) is 5.34. The molecule has 0 aliphatic heterocycles. The van der Waals surface area contributed by atoms with Gasteiger partial charge in [-0.05, 0) is 55.2 Å². The van der Waals surface area contributed by atoms with Gasteiger partial charge in [0.15, 0.2) is 0 Å². The van der Waals surface area contributed by atoms with Crippen LogP contribution < -0.4 is 10.9 Å². The number of nitrogens with one attached hydrogen (secondary N) is 1. The van der Waals surface area contributed by atoms with Crippen molar-refractivity contribution in [2.45, 2.75) is 26.3 Å². The van der Waals surface area contributed by atoms with Crippen molar-refractivity contribution in [2.75, 3.05) is 6.54 Å². The van der Waals surface area contributed by atoms with Crippen molar-refractivity contribution >= 4 is 16.9 Å². The number of rotatable bonds is 7. The fourth-order valence-electron chi connectivity index (χ4n) is 3.66. The maximum absolute atomic E-state index is 12.6. The van der Waals surface area contributed by atoms with Gasteiger partial charge < -0.3 is 9.88 Å². The molecule has 5 nitrogen and oxygen atoms in total. The van der Waals surface area contributed by atoms with E-state index < -0.39 is 0 Å². The minimum atomic E-state index is -0.0982. The number of fused-ring (bicyclic) bond motifs is 1. The third kappa shape index (κ3) is 4.89. The molecule has 31 heavy (non-hydrogen) atoms. The zero-order chi connectivity index (χ0) is 21.6. The summed E-state index contributed by atoms with van der Waals surface area (Å²) >= 11 is 0. The molecule has 0 saturated carbocycles. The highest BCUT2D eigenvalue weighted by Crippen LogP contribution is 2.13. The van der Waals surface area contributed by atoms with Crippen LogP contribution in [0.1, 0.15) is 33.6 Å². The molecule has 1 amide bonds. The second-order valence-corrected chi connectivity index (χ2v) is 7.62. The molecule has 1 N–H and O–H groups in total. The topological polar surface area (TPSA) is 64.0 Å². The molecule has 0 atom stereocenters. The summed E-state index contributed by atoms with van der Waals surface area (Å²) in [4.78, 5) is 29.5. The van der Waals surface area contributed by atoms with Gasteiger partial charge >= 0.3 is 0 Å². The second-order valence-electron chi connectivity index (χ2n) is 7.62. The van der Waals surface area contributed by atoms with Crippen LogP contribution in [0.2, 0.25) is 0 Å². The molecule has 4 rings (SSSR count). The van der Waals surface area contributed by atoms with Gasteiger partial charge in [-0.25, -0.2) is 4.98 Å². The van der Waals surface area contributed by atoms with Crippen LogP contribution >= 0.6 is 0 Å². The van der Waals surface area contributed by atoms with Crippen LogP contribution in [0, 0.1) is 6.92 Å². The standard InChI is InChI=1S/C26H25N3O2/c1-19-26(31)29(24-12-6-5-11-23(24)28-19)18-21-13-15-22(16-14-21)25(30)27-17-7-10-20-8-3-2-4-9-20/h2-6,8-9,11-16H,7,10,17-18H2,1H3,(H,27,30). The summed E-state index contributed by atoms with van der Waals surface area (Å²) in [5.41, 5.74) is 4.83. The molecule has 0 spiro atoms. The normalized spacial score (nSPS) is 10.9. The van der Waals surface area contributed by atoms with Crippen LogP contribution in [0.5, 0.6) is 0 Å². The Morgan fingerprint density at radius 3 is 2.39 bits per heavy atom. The van der Waals surface area contributed by atoms with Crippen LogP contribution in [0.3, 0.4) is 0 Å². The Morgan fingerprint density at radius 2 is 1.61 bits per heavy atom. The van der Waals surface area contributed by atoms with E-state index in [2.05, 4.69) is 22.4 Å². The quantitative estimate of drug-likeness (QED) is 0.466. The smallest absolute Gasteiger partial charge is 0.272 e. The lowest BCUT2D eigenvalue weighted by Gasteiger charge is -2.12. The number of carbonyl (C=O) groups is 1. The number of benzene rings is 3. The summed E-state index contributed by atoms with van der Waals surface area (Å²) < 4.78 is 1.73. The van der Waals surface area contributed by atoms with Gasteiger partial charge in [0.1, 0.15) is 5.69 Å². The highest BCUT2D eigenvalue weighted by molar-refractivity contribution is 5.94. The Hall–Kier alpha value is -3.73. The second kappa shape index (κ2) is 9.39. The number of para-hydroxylation sites is 2. The van der Waals surface area contributed by atoms with E-state index in [1.165, 1.54) is 5.56 Å². The molecule has 0 fully saturated rings. The number of nitrogens with zero attached hydrogens (tertiary/aromatic N) is 2. The Morgan fingerprint density at radius 1 is 0.903 bits per heavy atom. The van der Waals surface area contributed by atoms with Gasteiger partial charge in [0.2, 0.25) is 0 Å². The van der Waals surface area contributed by atoms with E-state index in [0.29, 0.717) is 24.3 Å². The third-order valence-electron chi connectivity index (χ3n) is 5.34. The summed E-state index contributed by atoms with van der Waals surface area (Å²) in [6.45, 7) is 2.80. The van der Waals surface area contributed by atoms with E-state index in [0.717, 1.165) is 29.4 Å². The summed E-state index contributed by atoms with van der Waals surface area (Å²) in [5, 5.41) is 2.98. The van der Waals surface area contributed by atoms with E-state index in [1.54, 1.807) is 11.5 Å². The van der Waals surface area contributed by atoms with Crippen molar-refractivity contribution in [2.24, 2.45) is 0 Å². The maximum atomic E-state index is 12.6. The van der Waals surface area contributed by atoms with Gasteiger partial charge in [-0.2, -0.15) is 0 Å². The molecule has 1 aromatic heterocycles. The fourth-order valence-corrected chi connectivity index (χ4v) is 3.66. The molecule has 156 valence electrons. The first-order chi connectivity index (χ1) is 15.1. The fraction of sp³-hybridized carbons (Fsp3) is 0.192. The lowest BCUT2D eigenvalue weighted by Crippen LogP contribution is -2.25. The van der Waals surface area contributed by atoms with Gasteiger partial charge in [0, 0.05) is 12.1 Å². The van der Waals surface area contributed by atoms with Crippen molar-refractivity contribution in [3.05, 3.63) is 112 Å². The number of carbonyl (C=O) groups excluding carboxylic acids is 1. The number of hydrogen-bond acceptors (Lipinski definition) is 3. The number of aromatic nitrogens is 2. The SMILES string of the molecule is Cc1nc2ccccc2n(Cc2ccc(C(=O)NCCCc3ccccc3)cc2)c1=O. The molecule has 0 radical (unpaired) electrons. The first-order valence-electron chi connectivity index (χ1n) is 10.5. The van der Waals surface area contributed by atoms with Gasteiger partial charge in [-0.1, -0.05) is 54.6 Å². The van der Waals surface area contributed by atoms with Crippen LogP contribution in [0.4, 0.5) is 0 Å². The average molecular weight is 412 g/mol. The Bertz CT molecular complexity index is 1250. The van der Waals surface area contributed by atoms with Crippen molar-refractivity contribution < 1.29 is 4.79 Å². The predicted molar refractivity (Wildman–Crippen MR) is 123 cm³/mol. The van der Waals surface area contributed by atoms with E-state index >= 15 is 0 Å². The van der Waals surface area contributed by atoms with E-state index in [1.807, 2.05) is 66.7 Å². The molecular weight excluding hydrogens is 386 g/mol. The minimum Gasteiger partial charge on any atom is -0.352 e. The highest BCUT2D eigenvalue weighted by Gasteiger charge is 2.09. The molecular formula is C26H25N3O2. The largest absolute Gasteiger partial charge is 0.352 e. The zero-order valence-electron chi connectivity index (χ0n) is 17.5. The Kier molecular flexibility index (Phi) is 6.22. The molecule has 1 heterocycles. The monoisotopic (exact) mass is 411 g/mol. The Balaban J connectivity index is 1.40. The molecule has 3 aromatic carbocycles. The molecule has 0 aliphatic rings. The molecule has 0 aliphatic carbocycles. The number of aryl methyl sites for hydroxylation is 2. The predicted octanol–water partition coefficient (Wildman–Crippen LogP) is 4.12.